The van der Waals surface area contributed by atoms with Crippen LogP contribution in [0.1, 0.15) is 10.4 Å². The van der Waals surface area contributed by atoms with Gasteiger partial charge in [-0.25, -0.2) is 8.42 Å². The number of amides is 2. The number of hydrogen-bond acceptors (Lipinski definition) is 7. The first-order valence-corrected chi connectivity index (χ1v) is 12.8. The lowest BCUT2D eigenvalue weighted by molar-refractivity contribution is -0.134. The van der Waals surface area contributed by atoms with Gasteiger partial charge in [-0.3, -0.25) is 19.2 Å². The third kappa shape index (κ3) is 5.47. The minimum atomic E-state index is -3.68. The van der Waals surface area contributed by atoms with Crippen molar-refractivity contribution in [1.82, 2.24) is 14.7 Å². The number of rotatable bonds is 6. The second-order valence-corrected chi connectivity index (χ2v) is 10.5. The Kier molecular flexibility index (Phi) is 7.09. The van der Waals surface area contributed by atoms with E-state index in [9.17, 15) is 18.0 Å². The fourth-order valence-corrected chi connectivity index (χ4v) is 5.77. The van der Waals surface area contributed by atoms with E-state index in [1.165, 1.54) is 6.07 Å². The number of piperazine rings is 1. The van der Waals surface area contributed by atoms with Crippen LogP contribution in [0.3, 0.4) is 0 Å². The summed E-state index contributed by atoms with van der Waals surface area (Å²) in [4.78, 5) is 31.1. The van der Waals surface area contributed by atoms with Gasteiger partial charge in [-0.2, -0.15) is 0 Å². The van der Waals surface area contributed by atoms with E-state index in [-0.39, 0.29) is 16.0 Å². The van der Waals surface area contributed by atoms with Crippen LogP contribution in [0.15, 0.2) is 46.0 Å². The topological polar surface area (TPSA) is 99.3 Å². The number of thiophene rings is 1. The zero-order valence-corrected chi connectivity index (χ0v) is 19.2. The molecule has 2 aromatic rings. The highest BCUT2D eigenvalue weighted by atomic mass is 32.2. The molecule has 2 saturated heterocycles. The fourth-order valence-electron chi connectivity index (χ4n) is 3.73. The highest BCUT2D eigenvalue weighted by Gasteiger charge is 2.26. The molecule has 9 nitrogen and oxygen atoms in total. The predicted octanol–water partition coefficient (Wildman–Crippen LogP) is 1.17. The molecule has 0 radical (unpaired) electrons. The summed E-state index contributed by atoms with van der Waals surface area (Å²) in [6, 6.07) is 9.68. The maximum atomic E-state index is 13.0. The Morgan fingerprint density at radius 2 is 1.69 bits per heavy atom. The smallest absolute Gasteiger partial charge is 0.271 e. The van der Waals surface area contributed by atoms with Gasteiger partial charge in [0.25, 0.3) is 15.9 Å². The van der Waals surface area contributed by atoms with Crippen molar-refractivity contribution in [3.05, 3.63) is 47.3 Å². The molecule has 11 heteroatoms. The van der Waals surface area contributed by atoms with Crippen molar-refractivity contribution in [3.8, 4) is 0 Å². The number of anilines is 1. The quantitative estimate of drug-likeness (QED) is 0.669. The molecule has 3 heterocycles. The summed E-state index contributed by atoms with van der Waals surface area (Å²) >= 11 is 1.13. The van der Waals surface area contributed by atoms with Crippen molar-refractivity contribution in [3.63, 3.8) is 0 Å². The van der Waals surface area contributed by atoms with Crippen LogP contribution >= 0.6 is 11.3 Å². The second kappa shape index (κ2) is 9.99. The van der Waals surface area contributed by atoms with Gasteiger partial charge >= 0.3 is 0 Å². The first-order valence-electron chi connectivity index (χ1n) is 10.5. The predicted molar refractivity (Wildman–Crippen MR) is 121 cm³/mol. The number of nitrogens with zero attached hydrogens (tertiary/aromatic N) is 3. The third-order valence-corrected chi connectivity index (χ3v) is 8.28. The van der Waals surface area contributed by atoms with Crippen molar-refractivity contribution in [2.75, 3.05) is 63.7 Å². The minimum absolute atomic E-state index is 0.0731. The summed E-state index contributed by atoms with van der Waals surface area (Å²) in [5.74, 6) is -0.105. The molecule has 2 amide bonds. The molecule has 32 heavy (non-hydrogen) atoms. The van der Waals surface area contributed by atoms with Crippen LogP contribution in [0.2, 0.25) is 0 Å². The standard InChI is InChI=1S/C21H26N4O5S2/c26-19(16-23-10-12-30-13-11-23)24-6-8-25(9-7-24)21(27)17-3-1-4-18(15-17)22-32(28,29)20-5-2-14-31-20/h1-5,14-15,22H,6-13,16H2. The number of carbonyl (C=O) groups excluding carboxylic acids is 2. The van der Waals surface area contributed by atoms with Crippen molar-refractivity contribution in [1.29, 1.82) is 0 Å². The second-order valence-electron chi connectivity index (χ2n) is 7.68. The van der Waals surface area contributed by atoms with Gasteiger partial charge < -0.3 is 14.5 Å². The summed E-state index contributed by atoms with van der Waals surface area (Å²) in [6.45, 7) is 5.06. The normalized spacial score (nSPS) is 17.9. The molecule has 0 unspecified atom stereocenters. The molecule has 0 saturated carbocycles. The van der Waals surface area contributed by atoms with Crippen LogP contribution < -0.4 is 4.72 Å². The maximum absolute atomic E-state index is 13.0. The third-order valence-electron chi connectivity index (χ3n) is 5.50. The summed E-state index contributed by atoms with van der Waals surface area (Å²) in [5, 5.41) is 1.69. The van der Waals surface area contributed by atoms with Crippen LogP contribution in [0.25, 0.3) is 0 Å². The van der Waals surface area contributed by atoms with Crippen LogP contribution in [0.5, 0.6) is 0 Å². The van der Waals surface area contributed by atoms with Crippen molar-refractivity contribution < 1.29 is 22.7 Å². The number of nitrogens with one attached hydrogen (secondary N) is 1. The number of hydrogen-bond donors (Lipinski definition) is 1. The number of sulfonamides is 1. The molecular weight excluding hydrogens is 452 g/mol. The van der Waals surface area contributed by atoms with Gasteiger partial charge in [-0.05, 0) is 29.6 Å². The molecular formula is C21H26N4O5S2. The molecule has 0 atom stereocenters. The van der Waals surface area contributed by atoms with E-state index in [1.807, 2.05) is 0 Å². The van der Waals surface area contributed by atoms with Crippen molar-refractivity contribution in [2.24, 2.45) is 0 Å². The summed E-state index contributed by atoms with van der Waals surface area (Å²) in [6.07, 6.45) is 0. The molecule has 0 spiro atoms. The summed E-state index contributed by atoms with van der Waals surface area (Å²) in [7, 11) is -3.68. The van der Waals surface area contributed by atoms with E-state index >= 15 is 0 Å². The number of carbonyl (C=O) groups is 2. The monoisotopic (exact) mass is 478 g/mol. The molecule has 2 aliphatic heterocycles. The number of benzene rings is 1. The molecule has 172 valence electrons. The van der Waals surface area contributed by atoms with Gasteiger partial charge in [-0.15, -0.1) is 11.3 Å². The first-order chi connectivity index (χ1) is 15.4. The highest BCUT2D eigenvalue weighted by Crippen LogP contribution is 2.21. The Morgan fingerprint density at radius 1 is 0.969 bits per heavy atom. The highest BCUT2D eigenvalue weighted by molar-refractivity contribution is 7.94. The lowest BCUT2D eigenvalue weighted by Gasteiger charge is -2.36. The van der Waals surface area contributed by atoms with Gasteiger partial charge in [0.2, 0.25) is 5.91 Å². The van der Waals surface area contributed by atoms with Gasteiger partial charge in [-0.1, -0.05) is 12.1 Å². The zero-order valence-electron chi connectivity index (χ0n) is 17.6. The lowest BCUT2D eigenvalue weighted by Crippen LogP contribution is -2.53. The van der Waals surface area contributed by atoms with E-state index in [0.29, 0.717) is 57.2 Å². The van der Waals surface area contributed by atoms with Crippen molar-refractivity contribution >= 4 is 38.9 Å². The van der Waals surface area contributed by atoms with Gasteiger partial charge in [0, 0.05) is 50.5 Å². The van der Waals surface area contributed by atoms with Crippen LogP contribution in [-0.2, 0) is 19.6 Å². The molecule has 2 aliphatic rings. The Balaban J connectivity index is 1.33. The molecule has 1 N–H and O–H groups in total. The first kappa shape index (κ1) is 22.7. The lowest BCUT2D eigenvalue weighted by atomic mass is 10.1. The van der Waals surface area contributed by atoms with Crippen molar-refractivity contribution in [2.45, 2.75) is 4.21 Å². The largest absolute Gasteiger partial charge is 0.379 e. The Morgan fingerprint density at radius 3 is 2.38 bits per heavy atom. The fraction of sp³-hybridized carbons (Fsp3) is 0.429. The molecule has 1 aromatic carbocycles. The van der Waals surface area contributed by atoms with E-state index in [4.69, 9.17) is 4.74 Å². The number of morpholine rings is 1. The van der Waals surface area contributed by atoms with E-state index in [1.54, 1.807) is 45.5 Å². The average Bonchev–Trinajstić information content (AvgIpc) is 3.35. The van der Waals surface area contributed by atoms with Gasteiger partial charge in [0.15, 0.2) is 0 Å². The van der Waals surface area contributed by atoms with E-state index in [2.05, 4.69) is 9.62 Å². The zero-order chi connectivity index (χ0) is 22.6. The maximum Gasteiger partial charge on any atom is 0.271 e. The molecule has 1 aromatic heterocycles. The Labute approximate surface area is 191 Å². The Hall–Kier alpha value is -2.47. The SMILES string of the molecule is O=C(CN1CCOCC1)N1CCN(C(=O)c2cccc(NS(=O)(=O)c3cccs3)c2)CC1. The van der Waals surface area contributed by atoms with E-state index in [0.717, 1.165) is 24.4 Å². The summed E-state index contributed by atoms with van der Waals surface area (Å²) < 4.78 is 32.9. The molecule has 2 fully saturated rings. The molecule has 4 rings (SSSR count). The number of ether oxygens (including phenoxy) is 1. The van der Waals surface area contributed by atoms with Crippen LogP contribution in [-0.4, -0.2) is 94.0 Å². The minimum Gasteiger partial charge on any atom is -0.379 e. The van der Waals surface area contributed by atoms with Crippen LogP contribution in [0.4, 0.5) is 5.69 Å². The average molecular weight is 479 g/mol. The van der Waals surface area contributed by atoms with Gasteiger partial charge in [0.1, 0.15) is 4.21 Å². The molecule has 0 aliphatic carbocycles. The Bertz CT molecular complexity index is 1040. The summed E-state index contributed by atoms with van der Waals surface area (Å²) in [5.41, 5.74) is 0.744. The van der Waals surface area contributed by atoms with Gasteiger partial charge in [0.05, 0.1) is 19.8 Å². The van der Waals surface area contributed by atoms with E-state index < -0.39 is 10.0 Å². The molecule has 0 bridgehead atoms. The van der Waals surface area contributed by atoms with Crippen LogP contribution in [0, 0.1) is 0 Å².